The summed E-state index contributed by atoms with van der Waals surface area (Å²) in [6.45, 7) is 3.43. The van der Waals surface area contributed by atoms with Crippen LogP contribution in [0.25, 0.3) is 6.08 Å². The van der Waals surface area contributed by atoms with Gasteiger partial charge in [0, 0.05) is 4.47 Å². The number of phenolic OH excluding ortho intramolecular Hbond substituents is 1. The van der Waals surface area contributed by atoms with Gasteiger partial charge in [0.15, 0.2) is 0 Å². The third-order valence-electron chi connectivity index (χ3n) is 3.33. The van der Waals surface area contributed by atoms with E-state index in [2.05, 4.69) is 15.9 Å². The van der Waals surface area contributed by atoms with Crippen LogP contribution in [0.1, 0.15) is 16.7 Å². The van der Waals surface area contributed by atoms with E-state index in [9.17, 15) is 18.8 Å². The first-order valence-corrected chi connectivity index (χ1v) is 8.96. The van der Waals surface area contributed by atoms with Crippen LogP contribution in [-0.4, -0.2) is 13.5 Å². The number of nitrogens with zero attached hydrogens (tertiary/aromatic N) is 1. The number of nitriles is 1. The van der Waals surface area contributed by atoms with Gasteiger partial charge in [0.2, 0.25) is 9.84 Å². The molecule has 0 atom stereocenters. The Morgan fingerprint density at radius 2 is 1.70 bits per heavy atom. The molecule has 0 fully saturated rings. The summed E-state index contributed by atoms with van der Waals surface area (Å²) in [5.41, 5.74) is 1.79. The lowest BCUT2D eigenvalue weighted by Gasteiger charge is -2.07. The van der Waals surface area contributed by atoms with Crippen molar-refractivity contribution in [3.05, 3.63) is 62.5 Å². The Hall–Kier alpha value is -2.10. The van der Waals surface area contributed by atoms with Gasteiger partial charge in [-0.3, -0.25) is 0 Å². The van der Waals surface area contributed by atoms with Crippen molar-refractivity contribution in [2.24, 2.45) is 0 Å². The summed E-state index contributed by atoms with van der Waals surface area (Å²) < 4.78 is 25.9. The van der Waals surface area contributed by atoms with E-state index in [0.29, 0.717) is 16.7 Å². The van der Waals surface area contributed by atoms with E-state index in [1.54, 1.807) is 44.2 Å². The maximum atomic E-state index is 12.6. The Labute approximate surface area is 143 Å². The second kappa shape index (κ2) is 6.57. The Bertz CT molecular complexity index is 900. The van der Waals surface area contributed by atoms with Crippen molar-refractivity contribution in [1.29, 1.82) is 5.26 Å². The minimum atomic E-state index is -3.89. The number of allylic oxidation sites excluding steroid dienone is 1. The summed E-state index contributed by atoms with van der Waals surface area (Å²) in [7, 11) is -3.89. The van der Waals surface area contributed by atoms with Gasteiger partial charge in [-0.05, 0) is 73.0 Å². The molecule has 0 saturated heterocycles. The van der Waals surface area contributed by atoms with Crippen LogP contribution >= 0.6 is 15.9 Å². The fourth-order valence-electron chi connectivity index (χ4n) is 2.13. The van der Waals surface area contributed by atoms with E-state index < -0.39 is 9.84 Å². The summed E-state index contributed by atoms with van der Waals surface area (Å²) in [6, 6.07) is 11.1. The van der Waals surface area contributed by atoms with E-state index in [0.717, 1.165) is 4.47 Å². The average molecular weight is 392 g/mol. The van der Waals surface area contributed by atoms with Crippen molar-refractivity contribution >= 4 is 31.8 Å². The van der Waals surface area contributed by atoms with Gasteiger partial charge >= 0.3 is 0 Å². The molecular weight excluding hydrogens is 378 g/mol. The largest absolute Gasteiger partial charge is 0.507 e. The van der Waals surface area contributed by atoms with Crippen LogP contribution in [0.5, 0.6) is 5.75 Å². The van der Waals surface area contributed by atoms with Crippen LogP contribution in [0.4, 0.5) is 0 Å². The van der Waals surface area contributed by atoms with Crippen LogP contribution in [0.15, 0.2) is 50.7 Å². The molecule has 2 aromatic rings. The topological polar surface area (TPSA) is 78.2 Å². The Morgan fingerprint density at radius 3 is 2.17 bits per heavy atom. The zero-order chi connectivity index (χ0) is 17.2. The molecule has 0 aliphatic heterocycles. The minimum absolute atomic E-state index is 0.0562. The average Bonchev–Trinajstić information content (AvgIpc) is 2.50. The molecule has 1 N–H and O–H groups in total. The molecule has 0 bridgehead atoms. The molecular formula is C17H14BrNO3S. The van der Waals surface area contributed by atoms with Gasteiger partial charge in [-0.2, -0.15) is 5.26 Å². The number of aromatic hydroxyl groups is 1. The molecule has 0 saturated carbocycles. The number of hydrogen-bond acceptors (Lipinski definition) is 4. The summed E-state index contributed by atoms with van der Waals surface area (Å²) in [5.74, 6) is 0.163. The molecule has 118 valence electrons. The van der Waals surface area contributed by atoms with Gasteiger partial charge < -0.3 is 5.11 Å². The molecule has 0 radical (unpaired) electrons. The Morgan fingerprint density at radius 1 is 1.17 bits per heavy atom. The fourth-order valence-corrected chi connectivity index (χ4v) is 3.56. The predicted octanol–water partition coefficient (Wildman–Crippen LogP) is 4.11. The van der Waals surface area contributed by atoms with E-state index in [-0.39, 0.29) is 15.6 Å². The van der Waals surface area contributed by atoms with Crippen LogP contribution in [0, 0.1) is 25.2 Å². The fraction of sp³-hybridized carbons (Fsp3) is 0.118. The first-order chi connectivity index (χ1) is 10.8. The van der Waals surface area contributed by atoms with Crippen molar-refractivity contribution in [1.82, 2.24) is 0 Å². The van der Waals surface area contributed by atoms with Gasteiger partial charge in [0.05, 0.1) is 4.90 Å². The highest BCUT2D eigenvalue weighted by atomic mass is 79.9. The van der Waals surface area contributed by atoms with Crippen LogP contribution < -0.4 is 0 Å². The number of benzene rings is 2. The third kappa shape index (κ3) is 3.63. The van der Waals surface area contributed by atoms with Crippen molar-refractivity contribution in [3.63, 3.8) is 0 Å². The van der Waals surface area contributed by atoms with E-state index >= 15 is 0 Å². The van der Waals surface area contributed by atoms with E-state index in [1.807, 2.05) is 0 Å². The molecule has 0 spiro atoms. The highest BCUT2D eigenvalue weighted by Crippen LogP contribution is 2.27. The van der Waals surface area contributed by atoms with E-state index in [1.165, 1.54) is 18.2 Å². The molecule has 0 heterocycles. The molecule has 0 aliphatic rings. The maximum Gasteiger partial charge on any atom is 0.216 e. The van der Waals surface area contributed by atoms with Gasteiger partial charge in [-0.25, -0.2) is 8.42 Å². The Kier molecular flexibility index (Phi) is 4.93. The monoisotopic (exact) mass is 391 g/mol. The van der Waals surface area contributed by atoms with E-state index in [4.69, 9.17) is 0 Å². The second-order valence-electron chi connectivity index (χ2n) is 5.08. The first kappa shape index (κ1) is 17.3. The smallest absolute Gasteiger partial charge is 0.216 e. The number of rotatable bonds is 3. The minimum Gasteiger partial charge on any atom is -0.507 e. The maximum absolute atomic E-state index is 12.6. The second-order valence-corrected chi connectivity index (χ2v) is 7.91. The van der Waals surface area contributed by atoms with Crippen LogP contribution in [-0.2, 0) is 9.84 Å². The summed E-state index contributed by atoms with van der Waals surface area (Å²) >= 11 is 3.24. The standard InChI is InChI=1S/C17H14BrNO3S/c1-11-7-13(8-12(2)17(11)20)9-16(10-19)23(21,22)15-5-3-14(18)4-6-15/h3-9,20H,1-2H3. The normalized spacial score (nSPS) is 12.0. The van der Waals surface area contributed by atoms with Crippen LogP contribution in [0.3, 0.4) is 0 Å². The lowest BCUT2D eigenvalue weighted by Crippen LogP contribution is -2.03. The lowest BCUT2D eigenvalue weighted by molar-refractivity contribution is 0.467. The molecule has 0 aliphatic carbocycles. The number of hydrogen-bond donors (Lipinski definition) is 1. The first-order valence-electron chi connectivity index (χ1n) is 6.68. The lowest BCUT2D eigenvalue weighted by atomic mass is 10.1. The van der Waals surface area contributed by atoms with Gasteiger partial charge in [-0.1, -0.05) is 15.9 Å². The zero-order valence-corrected chi connectivity index (χ0v) is 14.9. The highest BCUT2D eigenvalue weighted by molar-refractivity contribution is 9.10. The third-order valence-corrected chi connectivity index (χ3v) is 5.54. The zero-order valence-electron chi connectivity index (χ0n) is 12.5. The molecule has 6 heteroatoms. The number of phenols is 1. The molecule has 0 unspecified atom stereocenters. The number of aryl methyl sites for hydroxylation is 2. The molecule has 4 nitrogen and oxygen atoms in total. The SMILES string of the molecule is Cc1cc(C=C(C#N)S(=O)(=O)c2ccc(Br)cc2)cc(C)c1O. The number of sulfone groups is 1. The van der Waals surface area contributed by atoms with Gasteiger partial charge in [0.1, 0.15) is 16.7 Å². The predicted molar refractivity (Wildman–Crippen MR) is 92.5 cm³/mol. The quantitative estimate of drug-likeness (QED) is 0.798. The number of halogens is 1. The molecule has 2 aromatic carbocycles. The molecule has 23 heavy (non-hydrogen) atoms. The highest BCUT2D eigenvalue weighted by Gasteiger charge is 2.20. The van der Waals surface area contributed by atoms with Gasteiger partial charge in [0.25, 0.3) is 0 Å². The van der Waals surface area contributed by atoms with Crippen LogP contribution in [0.2, 0.25) is 0 Å². The summed E-state index contributed by atoms with van der Waals surface area (Å²) in [4.78, 5) is -0.287. The van der Waals surface area contributed by atoms with Crippen molar-refractivity contribution < 1.29 is 13.5 Å². The molecule has 0 aromatic heterocycles. The summed E-state index contributed by atoms with van der Waals surface area (Å²) in [5, 5.41) is 19.1. The Balaban J connectivity index is 2.55. The molecule has 2 rings (SSSR count). The van der Waals surface area contributed by atoms with Gasteiger partial charge in [-0.15, -0.1) is 0 Å². The molecule has 0 amide bonds. The van der Waals surface area contributed by atoms with Crippen molar-refractivity contribution in [2.75, 3.05) is 0 Å². The van der Waals surface area contributed by atoms with Crippen molar-refractivity contribution in [2.45, 2.75) is 18.7 Å². The summed E-state index contributed by atoms with van der Waals surface area (Å²) in [6.07, 6.45) is 1.32. The van der Waals surface area contributed by atoms with Crippen molar-refractivity contribution in [3.8, 4) is 11.8 Å².